The molecule has 0 aliphatic heterocycles. The Morgan fingerprint density at radius 2 is 1.65 bits per heavy atom. The zero-order valence-corrected chi connectivity index (χ0v) is 15.6. The quantitative estimate of drug-likeness (QED) is 0.343. The molecule has 0 unspecified atom stereocenters. The van der Waals surface area contributed by atoms with Crippen LogP contribution in [0.1, 0.15) is 15.9 Å². The van der Waals surface area contributed by atoms with Crippen LogP contribution in [0.5, 0.6) is 11.5 Å². The van der Waals surface area contributed by atoms with Gasteiger partial charge in [0.15, 0.2) is 0 Å². The first-order valence-corrected chi connectivity index (χ1v) is 8.63. The van der Waals surface area contributed by atoms with Crippen LogP contribution in [0.4, 0.5) is 15.8 Å². The van der Waals surface area contributed by atoms with Crippen molar-refractivity contribution in [1.29, 1.82) is 0 Å². The van der Waals surface area contributed by atoms with E-state index >= 15 is 0 Å². The molecule has 0 atom stereocenters. The number of benzene rings is 3. The molecule has 0 radical (unpaired) electrons. The second kappa shape index (κ2) is 9.22. The normalized spacial score (nSPS) is 10.6. The molecular formula is C20H13FN4O6. The number of hydrazone groups is 1. The lowest BCUT2D eigenvalue weighted by molar-refractivity contribution is -0.394. The standard InChI is InChI=1S/C20H13FN4O6/c21-15-5-3-14(4-6-15)20(26)23-22-12-13-1-8-17(9-2-13)31-19-10-7-16(24(27)28)11-18(19)25(29)30/h1-12H,(H,23,26). The lowest BCUT2D eigenvalue weighted by Gasteiger charge is -2.06. The third kappa shape index (κ3) is 5.44. The van der Waals surface area contributed by atoms with Crippen molar-refractivity contribution < 1.29 is 23.8 Å². The zero-order valence-electron chi connectivity index (χ0n) is 15.6. The van der Waals surface area contributed by atoms with Gasteiger partial charge in [0.05, 0.1) is 22.1 Å². The Morgan fingerprint density at radius 3 is 2.26 bits per heavy atom. The number of ether oxygens (including phenoxy) is 1. The summed E-state index contributed by atoms with van der Waals surface area (Å²) in [5.74, 6) is -0.865. The zero-order chi connectivity index (χ0) is 22.4. The summed E-state index contributed by atoms with van der Waals surface area (Å²) >= 11 is 0. The number of nitrogens with zero attached hydrogens (tertiary/aromatic N) is 3. The number of nitro groups is 2. The number of carbonyl (C=O) groups is 1. The van der Waals surface area contributed by atoms with Gasteiger partial charge in [-0.15, -0.1) is 0 Å². The number of non-ortho nitro benzene ring substituents is 1. The van der Waals surface area contributed by atoms with Crippen molar-refractivity contribution in [1.82, 2.24) is 5.43 Å². The topological polar surface area (TPSA) is 137 Å². The molecule has 0 spiro atoms. The first-order chi connectivity index (χ1) is 14.8. The Morgan fingerprint density at radius 1 is 0.968 bits per heavy atom. The van der Waals surface area contributed by atoms with Crippen LogP contribution in [0.25, 0.3) is 0 Å². The van der Waals surface area contributed by atoms with E-state index in [1.807, 2.05) is 0 Å². The van der Waals surface area contributed by atoms with Gasteiger partial charge in [-0.1, -0.05) is 0 Å². The second-order valence-corrected chi connectivity index (χ2v) is 6.04. The van der Waals surface area contributed by atoms with Crippen molar-refractivity contribution in [2.24, 2.45) is 5.10 Å². The number of hydrogen-bond acceptors (Lipinski definition) is 7. The van der Waals surface area contributed by atoms with Crippen molar-refractivity contribution in [3.63, 3.8) is 0 Å². The number of halogens is 1. The Kier molecular flexibility index (Phi) is 6.26. The Bertz CT molecular complexity index is 1160. The highest BCUT2D eigenvalue weighted by molar-refractivity contribution is 5.94. The van der Waals surface area contributed by atoms with Gasteiger partial charge in [0, 0.05) is 11.6 Å². The highest BCUT2D eigenvalue weighted by Gasteiger charge is 2.21. The molecule has 0 aliphatic carbocycles. The van der Waals surface area contributed by atoms with Crippen LogP contribution >= 0.6 is 0 Å². The Balaban J connectivity index is 1.66. The van der Waals surface area contributed by atoms with Gasteiger partial charge in [0.1, 0.15) is 11.6 Å². The monoisotopic (exact) mass is 424 g/mol. The van der Waals surface area contributed by atoms with E-state index in [1.54, 1.807) is 12.1 Å². The van der Waals surface area contributed by atoms with Crippen LogP contribution in [-0.2, 0) is 0 Å². The third-order valence-electron chi connectivity index (χ3n) is 3.94. The molecule has 3 aromatic carbocycles. The van der Waals surface area contributed by atoms with Crippen LogP contribution in [0.15, 0.2) is 71.8 Å². The fourth-order valence-electron chi connectivity index (χ4n) is 2.43. The summed E-state index contributed by atoms with van der Waals surface area (Å²) in [5.41, 5.74) is 2.17. The van der Waals surface area contributed by atoms with E-state index in [0.29, 0.717) is 5.56 Å². The molecule has 10 nitrogen and oxygen atoms in total. The Labute approximate surface area is 173 Å². The fraction of sp³-hybridized carbons (Fsp3) is 0. The first-order valence-electron chi connectivity index (χ1n) is 8.63. The summed E-state index contributed by atoms with van der Waals surface area (Å²) in [6, 6.07) is 14.2. The molecule has 1 N–H and O–H groups in total. The van der Waals surface area contributed by atoms with E-state index in [4.69, 9.17) is 4.74 Å². The lowest BCUT2D eigenvalue weighted by Crippen LogP contribution is -2.17. The van der Waals surface area contributed by atoms with Crippen molar-refractivity contribution in [3.05, 3.63) is 104 Å². The van der Waals surface area contributed by atoms with Crippen LogP contribution in [0.3, 0.4) is 0 Å². The number of nitrogens with one attached hydrogen (secondary N) is 1. The molecule has 3 rings (SSSR count). The summed E-state index contributed by atoms with van der Waals surface area (Å²) in [4.78, 5) is 32.3. The smallest absolute Gasteiger partial charge is 0.318 e. The van der Waals surface area contributed by atoms with Gasteiger partial charge in [-0.3, -0.25) is 25.0 Å². The third-order valence-corrected chi connectivity index (χ3v) is 3.94. The molecule has 0 saturated carbocycles. The lowest BCUT2D eigenvalue weighted by atomic mass is 10.2. The van der Waals surface area contributed by atoms with Crippen LogP contribution in [-0.4, -0.2) is 22.0 Å². The minimum Gasteiger partial charge on any atom is -0.450 e. The van der Waals surface area contributed by atoms with Gasteiger partial charge in [-0.05, 0) is 60.2 Å². The average molecular weight is 424 g/mol. The second-order valence-electron chi connectivity index (χ2n) is 6.04. The molecule has 0 heterocycles. The Hall–Kier alpha value is -4.67. The predicted molar refractivity (Wildman–Crippen MR) is 108 cm³/mol. The summed E-state index contributed by atoms with van der Waals surface area (Å²) in [7, 11) is 0. The van der Waals surface area contributed by atoms with E-state index in [9.17, 15) is 29.4 Å². The highest BCUT2D eigenvalue weighted by atomic mass is 19.1. The maximum absolute atomic E-state index is 12.9. The van der Waals surface area contributed by atoms with Gasteiger partial charge < -0.3 is 4.74 Å². The van der Waals surface area contributed by atoms with E-state index in [2.05, 4.69) is 10.5 Å². The summed E-state index contributed by atoms with van der Waals surface area (Å²) in [5, 5.41) is 25.8. The van der Waals surface area contributed by atoms with Gasteiger partial charge in [0.25, 0.3) is 11.6 Å². The minimum absolute atomic E-state index is 0.149. The number of hydrogen-bond donors (Lipinski definition) is 1. The number of amides is 1. The van der Waals surface area contributed by atoms with E-state index in [-0.39, 0.29) is 17.1 Å². The average Bonchev–Trinajstić information content (AvgIpc) is 2.75. The molecule has 31 heavy (non-hydrogen) atoms. The molecule has 11 heteroatoms. The van der Waals surface area contributed by atoms with Crippen molar-refractivity contribution >= 4 is 23.5 Å². The highest BCUT2D eigenvalue weighted by Crippen LogP contribution is 2.34. The maximum Gasteiger partial charge on any atom is 0.318 e. The molecule has 0 saturated heterocycles. The predicted octanol–water partition coefficient (Wildman–Crippen LogP) is 4.20. The van der Waals surface area contributed by atoms with E-state index in [0.717, 1.165) is 30.3 Å². The largest absolute Gasteiger partial charge is 0.450 e. The van der Waals surface area contributed by atoms with E-state index in [1.165, 1.54) is 30.5 Å². The summed E-state index contributed by atoms with van der Waals surface area (Å²) < 4.78 is 18.3. The molecule has 3 aromatic rings. The molecule has 0 aromatic heterocycles. The number of carbonyl (C=O) groups excluding carboxylic acids is 1. The van der Waals surface area contributed by atoms with Crippen LogP contribution in [0.2, 0.25) is 0 Å². The number of nitro benzene ring substituents is 2. The SMILES string of the molecule is O=C(NN=Cc1ccc(Oc2ccc([N+](=O)[O-])cc2[N+](=O)[O-])cc1)c1ccc(F)cc1. The first kappa shape index (κ1) is 21.0. The van der Waals surface area contributed by atoms with Gasteiger partial charge in [-0.25, -0.2) is 9.82 Å². The molecule has 1 amide bonds. The van der Waals surface area contributed by atoms with Gasteiger partial charge in [0.2, 0.25) is 5.75 Å². The molecule has 0 aliphatic rings. The minimum atomic E-state index is -0.771. The molecule has 0 fully saturated rings. The molecular weight excluding hydrogens is 411 g/mol. The fourth-order valence-corrected chi connectivity index (χ4v) is 2.43. The molecule has 0 bridgehead atoms. The van der Waals surface area contributed by atoms with Gasteiger partial charge in [-0.2, -0.15) is 5.10 Å². The van der Waals surface area contributed by atoms with Gasteiger partial charge >= 0.3 is 5.69 Å². The number of rotatable bonds is 7. The van der Waals surface area contributed by atoms with Crippen molar-refractivity contribution in [3.8, 4) is 11.5 Å². The van der Waals surface area contributed by atoms with Crippen molar-refractivity contribution in [2.75, 3.05) is 0 Å². The maximum atomic E-state index is 12.9. The molecule has 156 valence electrons. The van der Waals surface area contributed by atoms with Crippen molar-refractivity contribution in [2.45, 2.75) is 0 Å². The van der Waals surface area contributed by atoms with Crippen LogP contribution < -0.4 is 10.2 Å². The summed E-state index contributed by atoms with van der Waals surface area (Å²) in [6.07, 6.45) is 1.36. The van der Waals surface area contributed by atoms with E-state index < -0.39 is 32.9 Å². The van der Waals surface area contributed by atoms with Crippen LogP contribution in [0, 0.1) is 26.0 Å². The summed E-state index contributed by atoms with van der Waals surface area (Å²) in [6.45, 7) is 0.